The summed E-state index contributed by atoms with van der Waals surface area (Å²) < 4.78 is 7.53. The summed E-state index contributed by atoms with van der Waals surface area (Å²) in [6.07, 6.45) is 3.92. The number of ether oxygens (including phenoxy) is 1. The first kappa shape index (κ1) is 10.2. The van der Waals surface area contributed by atoms with Crippen molar-refractivity contribution in [3.63, 3.8) is 0 Å². The molecule has 0 fully saturated rings. The van der Waals surface area contributed by atoms with Crippen molar-refractivity contribution in [3.8, 4) is 0 Å². The van der Waals surface area contributed by atoms with Gasteiger partial charge in [-0.15, -0.1) is 0 Å². The molecule has 0 spiro atoms. The van der Waals surface area contributed by atoms with E-state index in [9.17, 15) is 0 Å². The van der Waals surface area contributed by atoms with Crippen LogP contribution in [0.1, 0.15) is 12.7 Å². The van der Waals surface area contributed by atoms with E-state index < -0.39 is 0 Å². The van der Waals surface area contributed by atoms with E-state index in [1.807, 2.05) is 31.8 Å². The Kier molecular flexibility index (Phi) is 3.92. The molecule has 1 aromatic rings. The third-order valence-corrected chi connectivity index (χ3v) is 1.91. The minimum absolute atomic E-state index is 0.224. The highest BCUT2D eigenvalue weighted by atomic mass is 16.5. The molecule has 0 aliphatic rings. The van der Waals surface area contributed by atoms with Crippen molar-refractivity contribution in [3.05, 3.63) is 18.2 Å². The van der Waals surface area contributed by atoms with E-state index >= 15 is 0 Å². The van der Waals surface area contributed by atoms with Crippen LogP contribution in [-0.2, 0) is 18.4 Å². The molecule has 1 heterocycles. The number of hydrogen-bond donors (Lipinski definition) is 1. The van der Waals surface area contributed by atoms with Gasteiger partial charge < -0.3 is 14.6 Å². The second kappa shape index (κ2) is 4.99. The van der Waals surface area contributed by atoms with Crippen LogP contribution >= 0.6 is 0 Å². The van der Waals surface area contributed by atoms with Crippen molar-refractivity contribution in [2.24, 2.45) is 7.05 Å². The number of nitrogens with one attached hydrogen (secondary N) is 1. The van der Waals surface area contributed by atoms with E-state index in [2.05, 4.69) is 10.3 Å². The minimum Gasteiger partial charge on any atom is -0.369 e. The molecule has 4 heteroatoms. The standard InChI is InChI=1S/C9H17N3O/c1-8(6-10-2)13-7-9-11-4-5-12(9)3/h4-5,8,10H,6-7H2,1-3H3. The minimum atomic E-state index is 0.224. The Bertz CT molecular complexity index is 247. The van der Waals surface area contributed by atoms with Crippen molar-refractivity contribution in [1.29, 1.82) is 0 Å². The average molecular weight is 183 g/mol. The Labute approximate surface area is 78.9 Å². The number of hydrogen-bond acceptors (Lipinski definition) is 3. The van der Waals surface area contributed by atoms with Gasteiger partial charge in [0, 0.05) is 26.0 Å². The van der Waals surface area contributed by atoms with Gasteiger partial charge in [-0.1, -0.05) is 0 Å². The number of aryl methyl sites for hydroxylation is 1. The Balaban J connectivity index is 2.30. The van der Waals surface area contributed by atoms with Crippen LogP contribution in [0.3, 0.4) is 0 Å². The maximum atomic E-state index is 5.56. The Morgan fingerprint density at radius 1 is 1.69 bits per heavy atom. The molecule has 1 unspecified atom stereocenters. The lowest BCUT2D eigenvalue weighted by Crippen LogP contribution is -2.23. The van der Waals surface area contributed by atoms with Gasteiger partial charge in [-0.2, -0.15) is 0 Å². The van der Waals surface area contributed by atoms with Crippen LogP contribution in [0.25, 0.3) is 0 Å². The summed E-state index contributed by atoms with van der Waals surface area (Å²) in [7, 11) is 3.88. The average Bonchev–Trinajstić information content (AvgIpc) is 2.48. The summed E-state index contributed by atoms with van der Waals surface area (Å²) >= 11 is 0. The smallest absolute Gasteiger partial charge is 0.134 e. The molecule has 0 amide bonds. The number of imidazole rings is 1. The summed E-state index contributed by atoms with van der Waals surface area (Å²) in [6.45, 7) is 3.48. The molecule has 1 N–H and O–H groups in total. The van der Waals surface area contributed by atoms with Gasteiger partial charge in [-0.3, -0.25) is 0 Å². The van der Waals surface area contributed by atoms with Gasteiger partial charge >= 0.3 is 0 Å². The molecule has 0 aromatic carbocycles. The molecule has 0 saturated carbocycles. The van der Waals surface area contributed by atoms with Gasteiger partial charge in [0.05, 0.1) is 6.10 Å². The van der Waals surface area contributed by atoms with Crippen LogP contribution in [0.4, 0.5) is 0 Å². The fraction of sp³-hybridized carbons (Fsp3) is 0.667. The maximum Gasteiger partial charge on any atom is 0.134 e. The molecule has 0 bridgehead atoms. The Hall–Kier alpha value is -0.870. The zero-order chi connectivity index (χ0) is 9.68. The second-order valence-electron chi connectivity index (χ2n) is 3.13. The molecule has 0 saturated heterocycles. The summed E-state index contributed by atoms with van der Waals surface area (Å²) in [5.41, 5.74) is 0. The largest absolute Gasteiger partial charge is 0.369 e. The molecular weight excluding hydrogens is 166 g/mol. The summed E-state index contributed by atoms with van der Waals surface area (Å²) in [4.78, 5) is 4.17. The van der Waals surface area contributed by atoms with Crippen LogP contribution in [-0.4, -0.2) is 29.2 Å². The van der Waals surface area contributed by atoms with E-state index in [1.54, 1.807) is 6.20 Å². The molecule has 1 rings (SSSR count). The molecule has 74 valence electrons. The quantitative estimate of drug-likeness (QED) is 0.724. The van der Waals surface area contributed by atoms with Crippen molar-refractivity contribution in [2.75, 3.05) is 13.6 Å². The van der Waals surface area contributed by atoms with Gasteiger partial charge in [-0.25, -0.2) is 4.98 Å². The van der Waals surface area contributed by atoms with Crippen molar-refractivity contribution in [1.82, 2.24) is 14.9 Å². The number of nitrogens with zero attached hydrogens (tertiary/aromatic N) is 2. The third kappa shape index (κ3) is 3.16. The van der Waals surface area contributed by atoms with Gasteiger partial charge in [0.2, 0.25) is 0 Å². The molecule has 13 heavy (non-hydrogen) atoms. The highest BCUT2D eigenvalue weighted by molar-refractivity contribution is 4.88. The van der Waals surface area contributed by atoms with Crippen molar-refractivity contribution >= 4 is 0 Å². The van der Waals surface area contributed by atoms with E-state index in [0.717, 1.165) is 12.4 Å². The third-order valence-electron chi connectivity index (χ3n) is 1.91. The highest BCUT2D eigenvalue weighted by Crippen LogP contribution is 1.99. The fourth-order valence-electron chi connectivity index (χ4n) is 1.10. The number of likely N-dealkylation sites (N-methyl/N-ethyl adjacent to an activating group) is 1. The lowest BCUT2D eigenvalue weighted by atomic mass is 10.4. The number of aromatic nitrogens is 2. The van der Waals surface area contributed by atoms with E-state index in [1.165, 1.54) is 0 Å². The molecule has 4 nitrogen and oxygen atoms in total. The van der Waals surface area contributed by atoms with Crippen LogP contribution in [0, 0.1) is 0 Å². The number of rotatable bonds is 5. The first-order chi connectivity index (χ1) is 6.24. The fourth-order valence-corrected chi connectivity index (χ4v) is 1.10. The van der Waals surface area contributed by atoms with Gasteiger partial charge in [0.25, 0.3) is 0 Å². The Morgan fingerprint density at radius 2 is 2.46 bits per heavy atom. The van der Waals surface area contributed by atoms with Gasteiger partial charge in [-0.05, 0) is 14.0 Å². The molecular formula is C9H17N3O. The summed E-state index contributed by atoms with van der Waals surface area (Å²) in [5.74, 6) is 0.961. The molecule has 1 atom stereocenters. The van der Waals surface area contributed by atoms with Gasteiger partial charge in [0.15, 0.2) is 0 Å². The predicted octanol–water partition coefficient (Wildman–Crippen LogP) is 0.545. The summed E-state index contributed by atoms with van der Waals surface area (Å²) in [5, 5.41) is 3.06. The molecule has 0 aliphatic carbocycles. The lowest BCUT2D eigenvalue weighted by molar-refractivity contribution is 0.0491. The molecule has 1 aromatic heterocycles. The monoisotopic (exact) mass is 183 g/mol. The lowest BCUT2D eigenvalue weighted by Gasteiger charge is -2.11. The molecule has 0 aliphatic heterocycles. The zero-order valence-corrected chi connectivity index (χ0v) is 8.45. The first-order valence-electron chi connectivity index (χ1n) is 4.46. The molecule has 0 radical (unpaired) electrons. The van der Waals surface area contributed by atoms with Crippen molar-refractivity contribution < 1.29 is 4.74 Å². The zero-order valence-electron chi connectivity index (χ0n) is 8.45. The SMILES string of the molecule is CNCC(C)OCc1nccn1C. The van der Waals surface area contributed by atoms with Gasteiger partial charge in [0.1, 0.15) is 12.4 Å². The van der Waals surface area contributed by atoms with E-state index in [0.29, 0.717) is 6.61 Å². The normalized spacial score (nSPS) is 13.2. The second-order valence-corrected chi connectivity index (χ2v) is 3.13. The topological polar surface area (TPSA) is 39.1 Å². The Morgan fingerprint density at radius 3 is 3.00 bits per heavy atom. The predicted molar refractivity (Wildman–Crippen MR) is 51.4 cm³/mol. The summed E-state index contributed by atoms with van der Waals surface area (Å²) in [6, 6.07) is 0. The van der Waals surface area contributed by atoms with Crippen LogP contribution in [0.2, 0.25) is 0 Å². The van der Waals surface area contributed by atoms with Crippen LogP contribution in [0.5, 0.6) is 0 Å². The van der Waals surface area contributed by atoms with Crippen LogP contribution < -0.4 is 5.32 Å². The van der Waals surface area contributed by atoms with Crippen molar-refractivity contribution in [2.45, 2.75) is 19.6 Å². The van der Waals surface area contributed by atoms with Crippen LogP contribution in [0.15, 0.2) is 12.4 Å². The first-order valence-corrected chi connectivity index (χ1v) is 4.46. The maximum absolute atomic E-state index is 5.56. The van der Waals surface area contributed by atoms with E-state index in [4.69, 9.17) is 4.74 Å². The van der Waals surface area contributed by atoms with E-state index in [-0.39, 0.29) is 6.10 Å². The highest BCUT2D eigenvalue weighted by Gasteiger charge is 2.03.